The number of thioether (sulfide) groups is 1. The SMILES string of the molecule is CN1C=CC(OC2C3CNCC2COC3)=C2SC=C(c3ccc(C#N)cc3Cl)C21. The lowest BCUT2D eigenvalue weighted by Gasteiger charge is -2.43. The van der Waals surface area contributed by atoms with E-state index in [0.717, 1.165) is 43.2 Å². The molecule has 1 aromatic rings. The number of rotatable bonds is 3. The van der Waals surface area contributed by atoms with Crippen LogP contribution in [0.5, 0.6) is 0 Å². The Bertz CT molecular complexity index is 945. The van der Waals surface area contributed by atoms with Gasteiger partial charge in [0, 0.05) is 43.2 Å². The molecule has 0 saturated carbocycles. The minimum atomic E-state index is 0.0724. The first-order valence-corrected chi connectivity index (χ1v) is 11.1. The smallest absolute Gasteiger partial charge is 0.133 e. The zero-order valence-electron chi connectivity index (χ0n) is 16.1. The van der Waals surface area contributed by atoms with Gasteiger partial charge < -0.3 is 19.7 Å². The van der Waals surface area contributed by atoms with Gasteiger partial charge in [-0.15, -0.1) is 0 Å². The van der Waals surface area contributed by atoms with E-state index in [0.29, 0.717) is 22.4 Å². The van der Waals surface area contributed by atoms with E-state index in [4.69, 9.17) is 26.3 Å². The molecule has 5 rings (SSSR count). The largest absolute Gasteiger partial charge is 0.489 e. The fourth-order valence-corrected chi connectivity index (χ4v) is 6.02. The Labute approximate surface area is 180 Å². The second-order valence-electron chi connectivity index (χ2n) is 7.91. The summed E-state index contributed by atoms with van der Waals surface area (Å²) in [7, 11) is 2.07. The van der Waals surface area contributed by atoms with E-state index < -0.39 is 0 Å². The Kier molecular flexibility index (Phi) is 5.09. The average molecular weight is 428 g/mol. The highest BCUT2D eigenvalue weighted by Gasteiger charge is 2.41. The van der Waals surface area contributed by atoms with Gasteiger partial charge in [-0.05, 0) is 34.8 Å². The van der Waals surface area contributed by atoms with Gasteiger partial charge in [0.2, 0.25) is 0 Å². The minimum absolute atomic E-state index is 0.0724. The van der Waals surface area contributed by atoms with Crippen LogP contribution in [0.3, 0.4) is 0 Å². The van der Waals surface area contributed by atoms with E-state index in [2.05, 4.69) is 41.0 Å². The van der Waals surface area contributed by atoms with Crippen molar-refractivity contribution in [3.8, 4) is 6.07 Å². The number of nitriles is 1. The number of benzene rings is 1. The first-order valence-electron chi connectivity index (χ1n) is 9.82. The monoisotopic (exact) mass is 427 g/mol. The molecule has 29 heavy (non-hydrogen) atoms. The van der Waals surface area contributed by atoms with Gasteiger partial charge in [-0.3, -0.25) is 0 Å². The molecule has 2 fully saturated rings. The van der Waals surface area contributed by atoms with Crippen molar-refractivity contribution in [1.29, 1.82) is 5.26 Å². The highest BCUT2D eigenvalue weighted by molar-refractivity contribution is 8.06. The van der Waals surface area contributed by atoms with Crippen LogP contribution in [0.2, 0.25) is 5.02 Å². The molecule has 0 aliphatic carbocycles. The molecule has 7 heteroatoms. The van der Waals surface area contributed by atoms with Crippen molar-refractivity contribution in [2.75, 3.05) is 33.4 Å². The normalized spacial score (nSPS) is 30.7. The number of allylic oxidation sites excluding steroid dienone is 1. The van der Waals surface area contributed by atoms with E-state index in [1.54, 1.807) is 17.8 Å². The van der Waals surface area contributed by atoms with E-state index in [1.807, 2.05) is 12.1 Å². The second-order valence-corrected chi connectivity index (χ2v) is 9.23. The van der Waals surface area contributed by atoms with Gasteiger partial charge in [-0.2, -0.15) is 5.26 Å². The van der Waals surface area contributed by atoms with Crippen LogP contribution in [-0.4, -0.2) is 50.4 Å². The number of hydrogen-bond acceptors (Lipinski definition) is 6. The van der Waals surface area contributed by atoms with Crippen LogP contribution < -0.4 is 5.32 Å². The van der Waals surface area contributed by atoms with Gasteiger partial charge in [-0.1, -0.05) is 29.4 Å². The van der Waals surface area contributed by atoms with Crippen LogP contribution in [0.1, 0.15) is 11.1 Å². The van der Waals surface area contributed by atoms with E-state index in [9.17, 15) is 0 Å². The van der Waals surface area contributed by atoms with Crippen molar-refractivity contribution >= 4 is 28.9 Å². The molecule has 2 saturated heterocycles. The fraction of sp³-hybridized carbons (Fsp3) is 0.409. The highest BCUT2D eigenvalue weighted by Crippen LogP contribution is 2.48. The summed E-state index contributed by atoms with van der Waals surface area (Å²) in [5, 5.41) is 15.4. The Balaban J connectivity index is 1.44. The summed E-state index contributed by atoms with van der Waals surface area (Å²) in [5.41, 5.74) is 2.68. The molecule has 1 aromatic carbocycles. The van der Waals surface area contributed by atoms with Crippen molar-refractivity contribution < 1.29 is 9.47 Å². The number of halogens is 1. The summed E-state index contributed by atoms with van der Waals surface area (Å²) < 4.78 is 12.4. The summed E-state index contributed by atoms with van der Waals surface area (Å²) in [5.74, 6) is 1.72. The molecule has 0 radical (unpaired) electrons. The molecular formula is C22H22ClN3O2S. The Morgan fingerprint density at radius 2 is 2.10 bits per heavy atom. The number of nitrogens with zero attached hydrogens (tertiary/aromatic N) is 2. The summed E-state index contributed by atoms with van der Waals surface area (Å²) in [6, 6.07) is 7.71. The summed E-state index contributed by atoms with van der Waals surface area (Å²) in [6.45, 7) is 3.38. The molecule has 3 unspecified atom stereocenters. The fourth-order valence-electron chi connectivity index (χ4n) is 4.56. The highest BCUT2D eigenvalue weighted by atomic mass is 35.5. The average Bonchev–Trinajstić information content (AvgIpc) is 3.16. The molecule has 4 aliphatic heterocycles. The second kappa shape index (κ2) is 7.73. The van der Waals surface area contributed by atoms with Crippen LogP contribution in [-0.2, 0) is 9.47 Å². The van der Waals surface area contributed by atoms with Crippen molar-refractivity contribution in [3.05, 3.63) is 62.7 Å². The van der Waals surface area contributed by atoms with Crippen LogP contribution in [0.15, 0.2) is 46.5 Å². The number of nitrogens with one attached hydrogen (secondary N) is 1. The molecule has 0 aromatic heterocycles. The summed E-state index contributed by atoms with van der Waals surface area (Å²) in [6.07, 6.45) is 4.34. The topological polar surface area (TPSA) is 57.5 Å². The third-order valence-corrected chi connectivity index (χ3v) is 7.41. The number of likely N-dealkylation sites (N-methyl/N-ethyl adjacent to an activating group) is 1. The zero-order chi connectivity index (χ0) is 20.0. The Morgan fingerprint density at radius 3 is 2.83 bits per heavy atom. The van der Waals surface area contributed by atoms with Crippen molar-refractivity contribution in [3.63, 3.8) is 0 Å². The zero-order valence-corrected chi connectivity index (χ0v) is 17.7. The molecule has 150 valence electrons. The van der Waals surface area contributed by atoms with Gasteiger partial charge in [0.1, 0.15) is 11.9 Å². The number of piperidine rings is 1. The molecular weight excluding hydrogens is 406 g/mol. The van der Waals surface area contributed by atoms with Gasteiger partial charge in [0.15, 0.2) is 0 Å². The quantitative estimate of drug-likeness (QED) is 0.795. The third-order valence-electron chi connectivity index (χ3n) is 6.05. The van der Waals surface area contributed by atoms with Gasteiger partial charge >= 0.3 is 0 Å². The lowest BCUT2D eigenvalue weighted by molar-refractivity contribution is -0.104. The third kappa shape index (κ3) is 3.36. The molecule has 5 nitrogen and oxygen atoms in total. The predicted molar refractivity (Wildman–Crippen MR) is 115 cm³/mol. The molecule has 0 amide bonds. The van der Waals surface area contributed by atoms with Crippen LogP contribution in [0.4, 0.5) is 0 Å². The van der Waals surface area contributed by atoms with Crippen LogP contribution in [0.25, 0.3) is 5.57 Å². The number of fused-ring (bicyclic) bond motifs is 3. The van der Waals surface area contributed by atoms with Crippen molar-refractivity contribution in [2.24, 2.45) is 11.8 Å². The Morgan fingerprint density at radius 1 is 1.31 bits per heavy atom. The maximum absolute atomic E-state index is 9.12. The maximum Gasteiger partial charge on any atom is 0.133 e. The van der Waals surface area contributed by atoms with Gasteiger partial charge in [-0.25, -0.2) is 0 Å². The minimum Gasteiger partial charge on any atom is -0.489 e. The Hall–Kier alpha value is -1.91. The van der Waals surface area contributed by atoms with Gasteiger partial charge in [0.05, 0.1) is 35.8 Å². The maximum atomic E-state index is 9.12. The molecule has 3 atom stereocenters. The summed E-state index contributed by atoms with van der Waals surface area (Å²) >= 11 is 8.22. The van der Waals surface area contributed by atoms with E-state index >= 15 is 0 Å². The van der Waals surface area contributed by atoms with E-state index in [-0.39, 0.29) is 12.1 Å². The van der Waals surface area contributed by atoms with Crippen molar-refractivity contribution in [1.82, 2.24) is 10.2 Å². The predicted octanol–water partition coefficient (Wildman–Crippen LogP) is 3.59. The van der Waals surface area contributed by atoms with E-state index in [1.165, 1.54) is 4.91 Å². The standard InChI is InChI=1S/C22H22ClN3O2S/c1-26-5-4-19(28-21-14-8-25-9-15(21)11-27-10-14)22-20(26)17(12-29-22)16-3-2-13(7-24)6-18(16)23/h2-6,12,14-15,20-21,25H,8-11H2,1H3. The van der Waals surface area contributed by atoms with Crippen LogP contribution in [0, 0.1) is 23.2 Å². The lowest BCUT2D eigenvalue weighted by atomic mass is 9.85. The number of ether oxygens (including phenoxy) is 2. The van der Waals surface area contributed by atoms with Crippen molar-refractivity contribution in [2.45, 2.75) is 12.1 Å². The molecule has 1 N–H and O–H groups in total. The molecule has 4 aliphatic rings. The molecule has 4 heterocycles. The summed E-state index contributed by atoms with van der Waals surface area (Å²) in [4.78, 5) is 3.39. The van der Waals surface area contributed by atoms with Crippen LogP contribution >= 0.6 is 23.4 Å². The first-order chi connectivity index (χ1) is 14.2. The number of hydrogen-bond donors (Lipinski definition) is 1. The lowest BCUT2D eigenvalue weighted by Crippen LogP contribution is -2.54. The molecule has 2 bridgehead atoms. The molecule has 0 spiro atoms. The first kappa shape index (κ1) is 19.1. The van der Waals surface area contributed by atoms with Gasteiger partial charge in [0.25, 0.3) is 0 Å².